The van der Waals surface area contributed by atoms with Crippen molar-refractivity contribution >= 4 is 42.4 Å². The SMILES string of the molecule is COc1ccc(S(=O)(=O)CCC(=O)N(Cc2ccccn2)c2nc3c(F)cc(F)cc3s2)cc1. The smallest absolute Gasteiger partial charge is 0.230 e. The summed E-state index contributed by atoms with van der Waals surface area (Å²) in [6.07, 6.45) is 1.22. The third kappa shape index (κ3) is 5.20. The molecule has 0 atom stereocenters. The molecule has 176 valence electrons. The van der Waals surface area contributed by atoms with E-state index in [0.29, 0.717) is 11.4 Å². The first-order valence-electron chi connectivity index (χ1n) is 10.1. The zero-order valence-corrected chi connectivity index (χ0v) is 19.6. The number of aromatic nitrogens is 2. The Kier molecular flexibility index (Phi) is 6.85. The molecule has 0 saturated carbocycles. The Balaban J connectivity index is 1.61. The fourth-order valence-electron chi connectivity index (χ4n) is 3.23. The normalized spacial score (nSPS) is 11.5. The molecular formula is C23H19F2N3O4S2. The molecule has 0 radical (unpaired) electrons. The number of anilines is 1. The minimum Gasteiger partial charge on any atom is -0.497 e. The lowest BCUT2D eigenvalue weighted by Gasteiger charge is -2.19. The first-order valence-corrected chi connectivity index (χ1v) is 12.6. The van der Waals surface area contributed by atoms with Gasteiger partial charge in [-0.15, -0.1) is 0 Å². The van der Waals surface area contributed by atoms with Crippen LogP contribution in [0.4, 0.5) is 13.9 Å². The fourth-order valence-corrected chi connectivity index (χ4v) is 5.49. The number of halogens is 2. The highest BCUT2D eigenvalue weighted by molar-refractivity contribution is 7.91. The second-order valence-electron chi connectivity index (χ2n) is 7.28. The van der Waals surface area contributed by atoms with Crippen LogP contribution >= 0.6 is 11.3 Å². The largest absolute Gasteiger partial charge is 0.497 e. The van der Waals surface area contributed by atoms with Crippen LogP contribution in [-0.4, -0.2) is 37.2 Å². The molecule has 4 aromatic rings. The molecule has 0 fully saturated rings. The predicted molar refractivity (Wildman–Crippen MR) is 125 cm³/mol. The number of carbonyl (C=O) groups excluding carboxylic acids is 1. The number of rotatable bonds is 8. The molecular weight excluding hydrogens is 484 g/mol. The molecule has 0 aliphatic rings. The van der Waals surface area contributed by atoms with E-state index in [0.717, 1.165) is 23.5 Å². The van der Waals surface area contributed by atoms with Gasteiger partial charge in [-0.05, 0) is 42.5 Å². The van der Waals surface area contributed by atoms with Crippen molar-refractivity contribution in [3.63, 3.8) is 0 Å². The maximum atomic E-state index is 14.2. The average molecular weight is 504 g/mol. The molecule has 4 rings (SSSR count). The van der Waals surface area contributed by atoms with Gasteiger partial charge < -0.3 is 4.74 Å². The number of nitrogens with zero attached hydrogens (tertiary/aromatic N) is 3. The molecule has 2 aromatic carbocycles. The van der Waals surface area contributed by atoms with Crippen molar-refractivity contribution in [2.24, 2.45) is 0 Å². The molecule has 0 N–H and O–H groups in total. The zero-order valence-electron chi connectivity index (χ0n) is 17.9. The lowest BCUT2D eigenvalue weighted by molar-refractivity contribution is -0.118. The van der Waals surface area contributed by atoms with Crippen molar-refractivity contribution in [1.29, 1.82) is 0 Å². The van der Waals surface area contributed by atoms with E-state index in [4.69, 9.17) is 4.74 Å². The molecule has 0 aliphatic carbocycles. The Morgan fingerprint density at radius 1 is 1.12 bits per heavy atom. The lowest BCUT2D eigenvalue weighted by Crippen LogP contribution is -2.32. The van der Waals surface area contributed by atoms with E-state index in [2.05, 4.69) is 9.97 Å². The van der Waals surface area contributed by atoms with Crippen molar-refractivity contribution in [2.45, 2.75) is 17.9 Å². The van der Waals surface area contributed by atoms with Crippen LogP contribution in [0, 0.1) is 11.6 Å². The third-order valence-corrected chi connectivity index (χ3v) is 7.74. The van der Waals surface area contributed by atoms with Crippen molar-refractivity contribution in [2.75, 3.05) is 17.8 Å². The number of benzene rings is 2. The highest BCUT2D eigenvalue weighted by Crippen LogP contribution is 2.32. The summed E-state index contributed by atoms with van der Waals surface area (Å²) < 4.78 is 58.6. The van der Waals surface area contributed by atoms with Crippen molar-refractivity contribution < 1.29 is 26.7 Å². The lowest BCUT2D eigenvalue weighted by atomic mass is 10.3. The monoisotopic (exact) mass is 503 g/mol. The number of hydrogen-bond donors (Lipinski definition) is 0. The van der Waals surface area contributed by atoms with Gasteiger partial charge in [0.2, 0.25) is 5.91 Å². The molecule has 0 bridgehead atoms. The molecule has 34 heavy (non-hydrogen) atoms. The highest BCUT2D eigenvalue weighted by atomic mass is 32.2. The summed E-state index contributed by atoms with van der Waals surface area (Å²) in [5.41, 5.74) is 0.464. The molecule has 0 saturated heterocycles. The highest BCUT2D eigenvalue weighted by Gasteiger charge is 2.25. The van der Waals surface area contributed by atoms with E-state index in [1.165, 1.54) is 36.3 Å². The van der Waals surface area contributed by atoms with Crippen LogP contribution in [-0.2, 0) is 21.2 Å². The number of pyridine rings is 1. The summed E-state index contributed by atoms with van der Waals surface area (Å²) in [6, 6.07) is 12.9. The van der Waals surface area contributed by atoms with Crippen LogP contribution in [0.25, 0.3) is 10.2 Å². The maximum absolute atomic E-state index is 14.2. The Hall–Kier alpha value is -3.44. The summed E-state index contributed by atoms with van der Waals surface area (Å²) in [5.74, 6) is -2.07. The minimum absolute atomic E-state index is 0.00776. The quantitative estimate of drug-likeness (QED) is 0.355. The van der Waals surface area contributed by atoms with Crippen LogP contribution in [0.15, 0.2) is 65.7 Å². The Labute approximate surface area is 198 Å². The number of thiazole rings is 1. The number of ether oxygens (including phenoxy) is 1. The average Bonchev–Trinajstić information content (AvgIpc) is 3.26. The number of hydrogen-bond acceptors (Lipinski definition) is 7. The van der Waals surface area contributed by atoms with E-state index in [1.807, 2.05) is 0 Å². The van der Waals surface area contributed by atoms with Gasteiger partial charge in [-0.3, -0.25) is 14.7 Å². The third-order valence-electron chi connectivity index (χ3n) is 4.98. The number of carbonyl (C=O) groups is 1. The summed E-state index contributed by atoms with van der Waals surface area (Å²) in [6.45, 7) is -0.00776. The maximum Gasteiger partial charge on any atom is 0.230 e. The molecule has 2 aromatic heterocycles. The Morgan fingerprint density at radius 3 is 2.56 bits per heavy atom. The van der Waals surface area contributed by atoms with Gasteiger partial charge in [0.25, 0.3) is 0 Å². The molecule has 2 heterocycles. The zero-order chi connectivity index (χ0) is 24.3. The van der Waals surface area contributed by atoms with E-state index in [9.17, 15) is 22.0 Å². The first kappa shape index (κ1) is 23.7. The van der Waals surface area contributed by atoms with Gasteiger partial charge >= 0.3 is 0 Å². The van der Waals surface area contributed by atoms with Gasteiger partial charge in [0.1, 0.15) is 17.1 Å². The number of fused-ring (bicyclic) bond motifs is 1. The molecule has 11 heteroatoms. The number of sulfone groups is 1. The minimum atomic E-state index is -3.75. The second kappa shape index (κ2) is 9.82. The van der Waals surface area contributed by atoms with Gasteiger partial charge in [-0.2, -0.15) is 0 Å². The molecule has 0 unspecified atom stereocenters. The number of amides is 1. The van der Waals surface area contributed by atoms with Crippen molar-refractivity contribution in [3.05, 3.63) is 78.1 Å². The van der Waals surface area contributed by atoms with Crippen LogP contribution in [0.1, 0.15) is 12.1 Å². The van der Waals surface area contributed by atoms with Crippen LogP contribution in [0.2, 0.25) is 0 Å². The van der Waals surface area contributed by atoms with Gasteiger partial charge in [-0.25, -0.2) is 22.2 Å². The van der Waals surface area contributed by atoms with Crippen molar-refractivity contribution in [1.82, 2.24) is 9.97 Å². The molecule has 0 aliphatic heterocycles. The fraction of sp³-hybridized carbons (Fsp3) is 0.174. The molecule has 0 spiro atoms. The van der Waals surface area contributed by atoms with Gasteiger partial charge in [0.05, 0.1) is 34.7 Å². The summed E-state index contributed by atoms with van der Waals surface area (Å²) in [4.78, 5) is 22.9. The Morgan fingerprint density at radius 2 is 1.88 bits per heavy atom. The van der Waals surface area contributed by atoms with Crippen LogP contribution in [0.5, 0.6) is 5.75 Å². The standard InChI is InChI=1S/C23H19F2N3O4S2/c1-32-17-5-7-18(8-6-17)34(30,31)11-9-21(29)28(14-16-4-2-3-10-26-16)23-27-22-19(25)12-15(24)13-20(22)33-23/h2-8,10,12-13H,9,11,14H2,1H3. The van der Waals surface area contributed by atoms with Crippen molar-refractivity contribution in [3.8, 4) is 5.75 Å². The summed E-state index contributed by atoms with van der Waals surface area (Å²) in [5, 5.41) is 0.122. The van der Waals surface area contributed by atoms with E-state index >= 15 is 0 Å². The second-order valence-corrected chi connectivity index (χ2v) is 10.4. The van der Waals surface area contributed by atoms with Crippen LogP contribution < -0.4 is 9.64 Å². The van der Waals surface area contributed by atoms with E-state index < -0.39 is 33.1 Å². The topological polar surface area (TPSA) is 89.5 Å². The van der Waals surface area contributed by atoms with E-state index in [1.54, 1.807) is 24.4 Å². The summed E-state index contributed by atoms with van der Waals surface area (Å²) >= 11 is 0.938. The first-order chi connectivity index (χ1) is 16.3. The van der Waals surface area contributed by atoms with Gasteiger partial charge in [0, 0.05) is 18.7 Å². The molecule has 7 nitrogen and oxygen atoms in total. The van der Waals surface area contributed by atoms with Gasteiger partial charge in [0.15, 0.2) is 20.8 Å². The molecule has 1 amide bonds. The summed E-state index contributed by atoms with van der Waals surface area (Å²) in [7, 11) is -2.28. The van der Waals surface area contributed by atoms with E-state index in [-0.39, 0.29) is 33.2 Å². The predicted octanol–water partition coefficient (Wildman–Crippen LogP) is 4.38. The van der Waals surface area contributed by atoms with Crippen LogP contribution in [0.3, 0.4) is 0 Å². The number of methoxy groups -OCH3 is 1. The Bertz CT molecular complexity index is 1430. The van der Waals surface area contributed by atoms with Gasteiger partial charge in [-0.1, -0.05) is 17.4 Å².